The molecule has 1 aliphatic rings. The molecular formula is C21H23F3N6. The van der Waals surface area contributed by atoms with Gasteiger partial charge in [0.25, 0.3) is 0 Å². The highest BCUT2D eigenvalue weighted by molar-refractivity contribution is 5.64. The Hall–Kier alpha value is -3.07. The first-order valence-corrected chi connectivity index (χ1v) is 9.71. The van der Waals surface area contributed by atoms with Crippen LogP contribution in [0.25, 0.3) is 11.3 Å². The summed E-state index contributed by atoms with van der Waals surface area (Å²) in [5.74, 6) is 0.570. The van der Waals surface area contributed by atoms with Crippen molar-refractivity contribution in [2.75, 3.05) is 30.3 Å². The van der Waals surface area contributed by atoms with Gasteiger partial charge in [-0.1, -0.05) is 12.1 Å². The topological polar surface area (TPSA) is 74.1 Å². The quantitative estimate of drug-likeness (QED) is 0.633. The maximum atomic E-state index is 12.8. The second kappa shape index (κ2) is 7.98. The van der Waals surface area contributed by atoms with Crippen LogP contribution in [-0.2, 0) is 12.7 Å². The molecule has 158 valence electrons. The van der Waals surface area contributed by atoms with Crippen LogP contribution >= 0.6 is 0 Å². The van der Waals surface area contributed by atoms with E-state index in [9.17, 15) is 13.2 Å². The van der Waals surface area contributed by atoms with Gasteiger partial charge in [-0.2, -0.15) is 18.3 Å². The van der Waals surface area contributed by atoms with Gasteiger partial charge in [-0.3, -0.25) is 10.00 Å². The van der Waals surface area contributed by atoms with Crippen molar-refractivity contribution in [2.24, 2.45) is 0 Å². The van der Waals surface area contributed by atoms with E-state index in [0.29, 0.717) is 18.1 Å². The van der Waals surface area contributed by atoms with Crippen molar-refractivity contribution in [3.05, 3.63) is 59.9 Å². The Kier molecular flexibility index (Phi) is 5.38. The maximum Gasteiger partial charge on any atom is 0.417 e. The number of nitrogens with one attached hydrogen (secondary N) is 1. The van der Waals surface area contributed by atoms with Crippen molar-refractivity contribution in [3.63, 3.8) is 0 Å². The Labute approximate surface area is 172 Å². The molecule has 3 aromatic rings. The molecule has 0 amide bonds. The highest BCUT2D eigenvalue weighted by atomic mass is 19.4. The normalized spacial score (nSPS) is 18.0. The second-order valence-electron chi connectivity index (χ2n) is 7.57. The Balaban J connectivity index is 1.42. The average Bonchev–Trinajstić information content (AvgIpc) is 3.16. The minimum absolute atomic E-state index is 0.120. The number of halogens is 3. The Morgan fingerprint density at radius 1 is 1.10 bits per heavy atom. The number of rotatable bonds is 4. The molecule has 6 nitrogen and oxygen atoms in total. The monoisotopic (exact) mass is 416 g/mol. The lowest BCUT2D eigenvalue weighted by molar-refractivity contribution is -0.137. The van der Waals surface area contributed by atoms with Crippen molar-refractivity contribution in [2.45, 2.75) is 25.7 Å². The summed E-state index contributed by atoms with van der Waals surface area (Å²) in [6.45, 7) is 5.03. The number of nitrogens with two attached hydrogens (primary N) is 1. The predicted molar refractivity (Wildman–Crippen MR) is 110 cm³/mol. The number of aromatic nitrogens is 3. The van der Waals surface area contributed by atoms with E-state index in [0.717, 1.165) is 48.7 Å². The summed E-state index contributed by atoms with van der Waals surface area (Å²) >= 11 is 0. The first-order chi connectivity index (χ1) is 14.3. The van der Waals surface area contributed by atoms with Gasteiger partial charge in [0.2, 0.25) is 0 Å². The summed E-state index contributed by atoms with van der Waals surface area (Å²) < 4.78 is 38.3. The van der Waals surface area contributed by atoms with Gasteiger partial charge in [0, 0.05) is 55.2 Å². The zero-order valence-corrected chi connectivity index (χ0v) is 16.5. The van der Waals surface area contributed by atoms with Gasteiger partial charge in [-0.15, -0.1) is 0 Å². The molecule has 1 atom stereocenters. The van der Waals surface area contributed by atoms with Gasteiger partial charge in [0.15, 0.2) is 0 Å². The minimum atomic E-state index is -4.37. The van der Waals surface area contributed by atoms with Gasteiger partial charge < -0.3 is 10.6 Å². The van der Waals surface area contributed by atoms with Gasteiger partial charge in [-0.25, -0.2) is 4.98 Å². The van der Waals surface area contributed by atoms with Crippen LogP contribution in [-0.4, -0.2) is 45.8 Å². The molecule has 4 rings (SSSR count). The molecule has 3 heterocycles. The Morgan fingerprint density at radius 2 is 1.87 bits per heavy atom. The summed E-state index contributed by atoms with van der Waals surface area (Å²) in [6.07, 6.45) is -1.64. The van der Waals surface area contributed by atoms with Crippen molar-refractivity contribution in [3.8, 4) is 11.3 Å². The fourth-order valence-electron chi connectivity index (χ4n) is 3.81. The smallest absolute Gasteiger partial charge is 0.399 e. The lowest BCUT2D eigenvalue weighted by Gasteiger charge is -2.40. The average molecular weight is 416 g/mol. The summed E-state index contributed by atoms with van der Waals surface area (Å²) in [6, 6.07) is 10.3. The van der Waals surface area contributed by atoms with Gasteiger partial charge >= 0.3 is 6.18 Å². The predicted octanol–water partition coefficient (Wildman–Crippen LogP) is 3.78. The van der Waals surface area contributed by atoms with Crippen LogP contribution in [0.15, 0.2) is 48.8 Å². The maximum absolute atomic E-state index is 12.8. The Morgan fingerprint density at radius 3 is 2.50 bits per heavy atom. The summed E-state index contributed by atoms with van der Waals surface area (Å²) in [4.78, 5) is 8.41. The van der Waals surface area contributed by atoms with Crippen LogP contribution in [0.4, 0.5) is 24.7 Å². The number of alkyl halides is 3. The number of pyridine rings is 1. The van der Waals surface area contributed by atoms with E-state index >= 15 is 0 Å². The van der Waals surface area contributed by atoms with E-state index in [2.05, 4.69) is 27.0 Å². The van der Waals surface area contributed by atoms with Gasteiger partial charge in [-0.05, 0) is 31.2 Å². The molecule has 0 radical (unpaired) electrons. The number of anilines is 2. The van der Waals surface area contributed by atoms with Crippen molar-refractivity contribution < 1.29 is 13.2 Å². The fraction of sp³-hybridized carbons (Fsp3) is 0.333. The molecule has 2 aromatic heterocycles. The van der Waals surface area contributed by atoms with E-state index in [1.807, 2.05) is 35.4 Å². The number of nitrogen functional groups attached to an aromatic ring is 1. The molecule has 0 bridgehead atoms. The first kappa shape index (κ1) is 20.2. The fourth-order valence-corrected chi connectivity index (χ4v) is 3.81. The number of aromatic amines is 1. The zero-order valence-electron chi connectivity index (χ0n) is 16.5. The number of piperazine rings is 1. The molecule has 1 aromatic carbocycles. The van der Waals surface area contributed by atoms with E-state index in [-0.39, 0.29) is 6.04 Å². The molecule has 9 heteroatoms. The van der Waals surface area contributed by atoms with Gasteiger partial charge in [0.05, 0.1) is 17.5 Å². The Bertz CT molecular complexity index is 981. The molecule has 3 N–H and O–H groups in total. The van der Waals surface area contributed by atoms with Crippen molar-refractivity contribution in [1.82, 2.24) is 20.1 Å². The van der Waals surface area contributed by atoms with Crippen molar-refractivity contribution >= 4 is 11.5 Å². The number of hydrogen-bond acceptors (Lipinski definition) is 5. The van der Waals surface area contributed by atoms with Crippen LogP contribution in [0.1, 0.15) is 18.1 Å². The number of hydrogen-bond donors (Lipinski definition) is 2. The number of nitrogens with zero attached hydrogens (tertiary/aromatic N) is 4. The highest BCUT2D eigenvalue weighted by Gasteiger charge is 2.31. The first-order valence-electron chi connectivity index (χ1n) is 9.71. The van der Waals surface area contributed by atoms with E-state index < -0.39 is 11.7 Å². The zero-order chi connectivity index (χ0) is 21.3. The molecule has 1 fully saturated rings. The van der Waals surface area contributed by atoms with Crippen LogP contribution in [0.2, 0.25) is 0 Å². The van der Waals surface area contributed by atoms with E-state index in [1.54, 1.807) is 0 Å². The third-order valence-corrected chi connectivity index (χ3v) is 5.39. The van der Waals surface area contributed by atoms with E-state index in [4.69, 9.17) is 5.73 Å². The lowest BCUT2D eigenvalue weighted by Crippen LogP contribution is -2.51. The van der Waals surface area contributed by atoms with Crippen LogP contribution in [0, 0.1) is 0 Å². The SMILES string of the molecule is C[C@@H]1CN(Cc2cn[nH]c2-c2ccc(N)cc2)CCN1c1ccc(C(F)(F)F)cn1. The van der Waals surface area contributed by atoms with Crippen molar-refractivity contribution in [1.29, 1.82) is 0 Å². The molecule has 1 saturated heterocycles. The lowest BCUT2D eigenvalue weighted by atomic mass is 10.1. The van der Waals surface area contributed by atoms with Crippen LogP contribution in [0.5, 0.6) is 0 Å². The number of benzene rings is 1. The summed E-state index contributed by atoms with van der Waals surface area (Å²) in [5.41, 5.74) is 8.84. The molecule has 0 spiro atoms. The van der Waals surface area contributed by atoms with Gasteiger partial charge in [0.1, 0.15) is 5.82 Å². The molecule has 1 aliphatic heterocycles. The largest absolute Gasteiger partial charge is 0.417 e. The standard InChI is InChI=1S/C21H23F3N6/c1-14-12-29(8-9-30(14)19-7-4-17(11-26-19)21(22,23)24)13-16-10-27-28-20(16)15-2-5-18(25)6-3-15/h2-7,10-11,14H,8-9,12-13,25H2,1H3,(H,27,28)/t14-/m1/s1. The molecular weight excluding hydrogens is 393 g/mol. The number of H-pyrrole nitrogens is 1. The minimum Gasteiger partial charge on any atom is -0.399 e. The van der Waals surface area contributed by atoms with Crippen LogP contribution in [0.3, 0.4) is 0 Å². The highest BCUT2D eigenvalue weighted by Crippen LogP contribution is 2.30. The summed E-state index contributed by atoms with van der Waals surface area (Å²) in [5, 5.41) is 7.27. The molecule has 0 saturated carbocycles. The summed E-state index contributed by atoms with van der Waals surface area (Å²) in [7, 11) is 0. The second-order valence-corrected chi connectivity index (χ2v) is 7.57. The molecule has 30 heavy (non-hydrogen) atoms. The van der Waals surface area contributed by atoms with E-state index in [1.165, 1.54) is 6.07 Å². The molecule has 0 aliphatic carbocycles. The third-order valence-electron chi connectivity index (χ3n) is 5.39. The van der Waals surface area contributed by atoms with Crippen LogP contribution < -0.4 is 10.6 Å². The molecule has 0 unspecified atom stereocenters. The third kappa shape index (κ3) is 4.25.